The first-order chi connectivity index (χ1) is 9.02. The quantitative estimate of drug-likeness (QED) is 0.436. The average Bonchev–Trinajstić information content (AvgIpc) is 2.72. The van der Waals surface area contributed by atoms with Crippen LogP contribution in [0.4, 0.5) is 5.69 Å². The van der Waals surface area contributed by atoms with Crippen LogP contribution >= 0.6 is 45.7 Å². The summed E-state index contributed by atoms with van der Waals surface area (Å²) in [6.07, 6.45) is 0. The first-order valence-electron chi connectivity index (χ1n) is 4.70. The van der Waals surface area contributed by atoms with Crippen molar-refractivity contribution in [3.63, 3.8) is 0 Å². The van der Waals surface area contributed by atoms with E-state index in [4.69, 9.17) is 21.6 Å². The van der Waals surface area contributed by atoms with Gasteiger partial charge in [-0.1, -0.05) is 11.6 Å². The molecule has 0 unspecified atom stereocenters. The van der Waals surface area contributed by atoms with E-state index in [0.29, 0.717) is 3.57 Å². The first-order valence-corrected chi connectivity index (χ1v) is 6.93. The van der Waals surface area contributed by atoms with Crippen molar-refractivity contribution < 1.29 is 9.66 Å². The van der Waals surface area contributed by atoms with Gasteiger partial charge in [0.05, 0.1) is 14.6 Å². The summed E-state index contributed by atoms with van der Waals surface area (Å²) in [5.74, 6) is 0.284. The molecule has 1 heterocycles. The Kier molecular flexibility index (Phi) is 4.18. The van der Waals surface area contributed by atoms with Crippen LogP contribution in [0.1, 0.15) is 5.56 Å². The first kappa shape index (κ1) is 14.0. The van der Waals surface area contributed by atoms with Crippen LogP contribution in [0.25, 0.3) is 0 Å². The number of non-ortho nitro benzene ring substituents is 1. The third kappa shape index (κ3) is 2.94. The van der Waals surface area contributed by atoms with Crippen LogP contribution < -0.4 is 4.74 Å². The van der Waals surface area contributed by atoms with Crippen LogP contribution in [0.3, 0.4) is 0 Å². The summed E-state index contributed by atoms with van der Waals surface area (Å²) in [5, 5.41) is 19.9. The maximum atomic E-state index is 10.7. The van der Waals surface area contributed by atoms with Gasteiger partial charge in [-0.3, -0.25) is 10.1 Å². The number of nitro groups is 1. The summed E-state index contributed by atoms with van der Waals surface area (Å²) in [7, 11) is 0. The summed E-state index contributed by atoms with van der Waals surface area (Å²) >= 11 is 8.62. The SMILES string of the molecule is N#Cc1c(Cl)nsc1Oc1cc([N+](=O)[O-])ccc1I. The molecule has 0 atom stereocenters. The van der Waals surface area contributed by atoms with Crippen molar-refractivity contribution in [2.45, 2.75) is 0 Å². The molecule has 0 amide bonds. The Balaban J connectivity index is 2.40. The minimum absolute atomic E-state index is 0.0583. The lowest BCUT2D eigenvalue weighted by atomic mass is 10.3. The zero-order valence-electron chi connectivity index (χ0n) is 8.96. The third-order valence-corrected chi connectivity index (χ3v) is 4.05. The van der Waals surface area contributed by atoms with E-state index in [1.807, 2.05) is 28.7 Å². The molecule has 19 heavy (non-hydrogen) atoms. The fourth-order valence-electron chi connectivity index (χ4n) is 1.20. The number of benzene rings is 1. The van der Waals surface area contributed by atoms with E-state index in [-0.39, 0.29) is 27.2 Å². The molecule has 2 rings (SSSR count). The van der Waals surface area contributed by atoms with Gasteiger partial charge in [-0.2, -0.15) is 9.64 Å². The zero-order chi connectivity index (χ0) is 14.0. The molecule has 1 aromatic carbocycles. The van der Waals surface area contributed by atoms with Crippen molar-refractivity contribution in [3.8, 4) is 16.9 Å². The number of hydrogen-bond acceptors (Lipinski definition) is 6. The molecule has 96 valence electrons. The molecule has 0 saturated heterocycles. The van der Waals surface area contributed by atoms with Crippen LogP contribution in [-0.2, 0) is 0 Å². The van der Waals surface area contributed by atoms with Crippen molar-refractivity contribution in [2.75, 3.05) is 0 Å². The van der Waals surface area contributed by atoms with E-state index in [1.165, 1.54) is 12.1 Å². The number of halogens is 2. The summed E-state index contributed by atoms with van der Waals surface area (Å²) in [6.45, 7) is 0. The van der Waals surface area contributed by atoms with Gasteiger partial charge in [0.15, 0.2) is 5.15 Å². The van der Waals surface area contributed by atoms with E-state index < -0.39 is 4.92 Å². The highest BCUT2D eigenvalue weighted by Gasteiger charge is 2.17. The minimum Gasteiger partial charge on any atom is -0.442 e. The Bertz CT molecular complexity index is 698. The van der Waals surface area contributed by atoms with E-state index in [1.54, 1.807) is 6.07 Å². The largest absolute Gasteiger partial charge is 0.442 e. The van der Waals surface area contributed by atoms with Gasteiger partial charge in [-0.25, -0.2) is 0 Å². The molecule has 9 heteroatoms. The van der Waals surface area contributed by atoms with Gasteiger partial charge >= 0.3 is 0 Å². The van der Waals surface area contributed by atoms with E-state index in [0.717, 1.165) is 11.5 Å². The fraction of sp³-hybridized carbons (Fsp3) is 0. The highest BCUT2D eigenvalue weighted by molar-refractivity contribution is 14.1. The fourth-order valence-corrected chi connectivity index (χ4v) is 2.55. The molecular weight excluding hydrogens is 405 g/mol. The maximum Gasteiger partial charge on any atom is 0.273 e. The van der Waals surface area contributed by atoms with E-state index in [2.05, 4.69) is 4.37 Å². The van der Waals surface area contributed by atoms with Crippen molar-refractivity contribution >= 4 is 51.4 Å². The minimum atomic E-state index is -0.520. The third-order valence-electron chi connectivity index (χ3n) is 2.06. The monoisotopic (exact) mass is 407 g/mol. The second kappa shape index (κ2) is 5.68. The molecule has 0 bridgehead atoms. The number of aromatic nitrogens is 1. The predicted molar refractivity (Wildman–Crippen MR) is 77.7 cm³/mol. The van der Waals surface area contributed by atoms with Crippen LogP contribution in [0, 0.1) is 25.0 Å². The second-order valence-electron chi connectivity index (χ2n) is 3.22. The van der Waals surface area contributed by atoms with Gasteiger partial charge in [-0.05, 0) is 28.7 Å². The van der Waals surface area contributed by atoms with Gasteiger partial charge in [0.2, 0.25) is 5.06 Å². The zero-order valence-corrected chi connectivity index (χ0v) is 12.7. The predicted octanol–water partition coefficient (Wildman–Crippen LogP) is 3.97. The molecule has 0 saturated carbocycles. The van der Waals surface area contributed by atoms with Gasteiger partial charge in [0.25, 0.3) is 5.69 Å². The van der Waals surface area contributed by atoms with Crippen molar-refractivity contribution in [1.82, 2.24) is 4.37 Å². The Morgan fingerprint density at radius 2 is 2.32 bits per heavy atom. The highest BCUT2D eigenvalue weighted by Crippen LogP contribution is 2.36. The number of rotatable bonds is 3. The molecule has 0 aliphatic rings. The van der Waals surface area contributed by atoms with E-state index >= 15 is 0 Å². The molecule has 0 fully saturated rings. The molecule has 0 aliphatic heterocycles. The molecule has 0 radical (unpaired) electrons. The van der Waals surface area contributed by atoms with Gasteiger partial charge < -0.3 is 4.74 Å². The lowest BCUT2D eigenvalue weighted by Crippen LogP contribution is -1.92. The molecule has 1 aromatic heterocycles. The van der Waals surface area contributed by atoms with Crippen molar-refractivity contribution in [1.29, 1.82) is 5.26 Å². The Morgan fingerprint density at radius 3 is 2.95 bits per heavy atom. The number of nitro benzene ring substituents is 1. The average molecular weight is 408 g/mol. The summed E-state index contributed by atoms with van der Waals surface area (Å²) in [5.41, 5.74) is 0.0264. The maximum absolute atomic E-state index is 10.7. The molecule has 0 spiro atoms. The van der Waals surface area contributed by atoms with Crippen molar-refractivity contribution in [2.24, 2.45) is 0 Å². The lowest BCUT2D eigenvalue weighted by Gasteiger charge is -2.05. The molecule has 0 N–H and O–H groups in total. The topological polar surface area (TPSA) is 89.0 Å². The Morgan fingerprint density at radius 1 is 1.58 bits per heavy atom. The van der Waals surface area contributed by atoms with Gasteiger partial charge in [-0.15, -0.1) is 0 Å². The molecular formula is C10H3ClIN3O3S. The Labute approximate surface area is 130 Å². The van der Waals surface area contributed by atoms with Crippen LogP contribution in [0.5, 0.6) is 10.8 Å². The van der Waals surface area contributed by atoms with E-state index in [9.17, 15) is 10.1 Å². The number of nitrogens with zero attached hydrogens (tertiary/aromatic N) is 3. The summed E-state index contributed by atoms with van der Waals surface area (Å²) in [4.78, 5) is 10.2. The molecule has 2 aromatic rings. The van der Waals surface area contributed by atoms with Gasteiger partial charge in [0, 0.05) is 17.6 Å². The molecule has 6 nitrogen and oxygen atoms in total. The Hall–Kier alpha value is -1.44. The normalized spacial score (nSPS) is 9.95. The van der Waals surface area contributed by atoms with Crippen LogP contribution in [-0.4, -0.2) is 9.30 Å². The summed E-state index contributed by atoms with van der Waals surface area (Å²) < 4.78 is 9.95. The van der Waals surface area contributed by atoms with Gasteiger partial charge in [0.1, 0.15) is 17.4 Å². The molecule has 0 aliphatic carbocycles. The number of nitriles is 1. The van der Waals surface area contributed by atoms with Crippen molar-refractivity contribution in [3.05, 3.63) is 42.6 Å². The highest BCUT2D eigenvalue weighted by atomic mass is 127. The lowest BCUT2D eigenvalue weighted by molar-refractivity contribution is -0.384. The second-order valence-corrected chi connectivity index (χ2v) is 5.48. The van der Waals surface area contributed by atoms with Crippen LogP contribution in [0.15, 0.2) is 18.2 Å². The number of ether oxygens (including phenoxy) is 1. The summed E-state index contributed by atoms with van der Waals surface area (Å²) in [6, 6.07) is 6.10. The van der Waals surface area contributed by atoms with Crippen LogP contribution in [0.2, 0.25) is 5.15 Å². The smallest absolute Gasteiger partial charge is 0.273 e. The number of hydrogen-bond donors (Lipinski definition) is 0. The standard InChI is InChI=1S/C10H3ClIN3O3S/c11-9-6(4-13)10(19-14-9)18-8-3-5(15(16)17)1-2-7(8)12/h1-3H.